The van der Waals surface area contributed by atoms with E-state index in [1.165, 1.54) is 12.8 Å². The maximum atomic E-state index is 12.4. The van der Waals surface area contributed by atoms with Gasteiger partial charge in [0.05, 0.1) is 24.3 Å². The fourth-order valence-electron chi connectivity index (χ4n) is 6.51. The first-order chi connectivity index (χ1) is 18.4. The predicted molar refractivity (Wildman–Crippen MR) is 153 cm³/mol. The summed E-state index contributed by atoms with van der Waals surface area (Å²) in [5, 5.41) is 22.5. The number of rotatable bonds is 10. The Morgan fingerprint density at radius 3 is 1.14 bits per heavy atom. The van der Waals surface area contributed by atoms with Crippen molar-refractivity contribution < 1.29 is 97.8 Å². The maximum absolute atomic E-state index is 12.4. The van der Waals surface area contributed by atoms with Crippen molar-refractivity contribution in [2.75, 3.05) is 12.3 Å². The fraction of sp³-hybridized carbons (Fsp3) is 0.800. The maximum Gasteiger partial charge on any atom is 1.00 e. The van der Waals surface area contributed by atoms with Crippen LogP contribution in [0.4, 0.5) is 0 Å². The van der Waals surface area contributed by atoms with Crippen LogP contribution in [0.25, 0.3) is 0 Å². The van der Waals surface area contributed by atoms with Gasteiger partial charge in [-0.25, -0.2) is 0 Å². The van der Waals surface area contributed by atoms with Crippen molar-refractivity contribution in [2.24, 2.45) is 22.7 Å². The molecule has 0 saturated heterocycles. The van der Waals surface area contributed by atoms with Crippen molar-refractivity contribution in [1.29, 1.82) is 0 Å². The number of allylic oxidation sites excluding steroid dienone is 2. The first kappa shape index (κ1) is 40.8. The van der Waals surface area contributed by atoms with Crippen LogP contribution in [0.5, 0.6) is 0 Å². The van der Waals surface area contributed by atoms with E-state index >= 15 is 0 Å². The van der Waals surface area contributed by atoms with Crippen molar-refractivity contribution >= 4 is 26.7 Å². The molecule has 2 N–H and O–H groups in total. The van der Waals surface area contributed by atoms with Gasteiger partial charge in [0.15, 0.2) is 0 Å². The summed E-state index contributed by atoms with van der Waals surface area (Å²) >= 11 is 0. The second kappa shape index (κ2) is 16.6. The summed E-state index contributed by atoms with van der Waals surface area (Å²) in [5.74, 6) is -2.13. The number of carboxylic acids is 2. The summed E-state index contributed by atoms with van der Waals surface area (Å²) in [6, 6.07) is 0. The van der Waals surface area contributed by atoms with Crippen LogP contribution in [-0.2, 0) is 18.7 Å². The van der Waals surface area contributed by atoms with Gasteiger partial charge in [-0.1, -0.05) is 78.4 Å². The van der Waals surface area contributed by atoms with E-state index in [9.17, 15) is 38.7 Å². The zero-order chi connectivity index (χ0) is 29.9. The number of aliphatic carboxylic acids is 2. The van der Waals surface area contributed by atoms with Gasteiger partial charge in [-0.05, 0) is 72.3 Å². The smallest absolute Gasteiger partial charge is 0.545 e. The first-order valence-electron chi connectivity index (χ1n) is 14.9. The Kier molecular flexibility index (Phi) is 16.1. The molecule has 0 radical (unpaired) electrons. The van der Waals surface area contributed by atoms with Crippen molar-refractivity contribution in [3.05, 3.63) is 23.3 Å². The molecule has 4 saturated carbocycles. The Labute approximate surface area is 296 Å². The second-order valence-electron chi connectivity index (χ2n) is 14.0. The minimum Gasteiger partial charge on any atom is -0.545 e. The van der Waals surface area contributed by atoms with E-state index in [1.807, 2.05) is 27.7 Å². The van der Waals surface area contributed by atoms with Gasteiger partial charge < -0.3 is 29.6 Å². The monoisotopic (exact) mass is 644 g/mol. The largest absolute Gasteiger partial charge is 1.00 e. The molecule has 42 heavy (non-hydrogen) atoms. The Morgan fingerprint density at radius 1 is 0.667 bits per heavy atom. The van der Waals surface area contributed by atoms with E-state index in [-0.39, 0.29) is 117 Å². The third-order valence-electron chi connectivity index (χ3n) is 9.39. The van der Waals surface area contributed by atoms with Gasteiger partial charge in [-0.2, -0.15) is 0 Å². The minimum atomic E-state index is -3.44. The van der Waals surface area contributed by atoms with E-state index < -0.39 is 26.7 Å². The Hall–Kier alpha value is 0.800. The average Bonchev–Trinajstić information content (AvgIpc) is 3.73. The van der Waals surface area contributed by atoms with Gasteiger partial charge in [-0.3, -0.25) is 9.13 Å². The third-order valence-corrected chi connectivity index (χ3v) is 14.7. The molecule has 0 aromatic rings. The summed E-state index contributed by atoms with van der Waals surface area (Å²) in [6.07, 6.45) is 15.0. The molecule has 12 heteroatoms. The number of carboxylic acid groups (broad SMARTS) is 2. The van der Waals surface area contributed by atoms with Crippen LogP contribution >= 0.6 is 14.7 Å². The molecule has 4 aliphatic rings. The Balaban J connectivity index is 0.000000401. The summed E-state index contributed by atoms with van der Waals surface area (Å²) in [6.45, 7) is 7.79. The summed E-state index contributed by atoms with van der Waals surface area (Å²) in [7, 11) is -6.88. The average molecular weight is 645 g/mol. The summed E-state index contributed by atoms with van der Waals surface area (Å²) in [4.78, 5) is 42.8. The number of hydrogen-bond donors (Lipinski definition) is 2. The van der Waals surface area contributed by atoms with E-state index in [1.54, 1.807) is 12.2 Å². The molecule has 0 heterocycles. The fourth-order valence-corrected chi connectivity index (χ4v) is 12.1. The van der Waals surface area contributed by atoms with Crippen LogP contribution in [0.1, 0.15) is 105 Å². The first-order valence-corrected chi connectivity index (χ1v) is 18.7. The molecule has 4 rings (SSSR count). The van der Waals surface area contributed by atoms with Crippen LogP contribution in [0, 0.1) is 22.7 Å². The summed E-state index contributed by atoms with van der Waals surface area (Å²) < 4.78 is 24.7. The zero-order valence-electron chi connectivity index (χ0n) is 26.6. The molecule has 4 fully saturated rings. The molecular weight excluding hydrogens is 596 g/mol. The van der Waals surface area contributed by atoms with Gasteiger partial charge in [0.1, 0.15) is 0 Å². The molecule has 0 aromatic heterocycles. The molecule has 0 aromatic carbocycles. The molecule has 228 valence electrons. The number of carbonyl (C=O) groups excluding carboxylic acids is 2. The zero-order valence-corrected chi connectivity index (χ0v) is 32.4. The molecule has 0 aliphatic heterocycles. The van der Waals surface area contributed by atoms with Crippen LogP contribution in [0.3, 0.4) is 0 Å². The summed E-state index contributed by atoms with van der Waals surface area (Å²) in [5.41, 5.74) is -0.720. The van der Waals surface area contributed by atoms with Gasteiger partial charge in [0, 0.05) is 11.3 Å². The number of hydrogen-bond acceptors (Lipinski definition) is 6. The molecule has 8 nitrogen and oxygen atoms in total. The topological polar surface area (TPSA) is 155 Å². The molecule has 0 bridgehead atoms. The van der Waals surface area contributed by atoms with Crippen LogP contribution in [0.15, 0.2) is 23.3 Å². The second-order valence-corrected chi connectivity index (χ2v) is 18.9. The van der Waals surface area contributed by atoms with Gasteiger partial charge >= 0.3 is 59.1 Å². The third kappa shape index (κ3) is 12.2. The Morgan fingerprint density at radius 2 is 0.929 bits per heavy atom. The van der Waals surface area contributed by atoms with Crippen molar-refractivity contribution in [2.45, 2.75) is 116 Å². The van der Waals surface area contributed by atoms with E-state index in [4.69, 9.17) is 0 Å². The molecule has 4 aliphatic carbocycles. The Bertz CT molecular complexity index is 1020. The van der Waals surface area contributed by atoms with E-state index in [2.05, 4.69) is 0 Å². The van der Waals surface area contributed by atoms with Gasteiger partial charge in [0.25, 0.3) is 0 Å². The molecule has 0 amide bonds. The quantitative estimate of drug-likeness (QED) is 0.168. The molecule has 4 unspecified atom stereocenters. The minimum absolute atomic E-state index is 0. The van der Waals surface area contributed by atoms with Crippen LogP contribution in [0.2, 0.25) is 0 Å². The predicted octanol–water partition coefficient (Wildman–Crippen LogP) is -1.37. The van der Waals surface area contributed by atoms with Crippen LogP contribution < -0.4 is 69.3 Å². The molecule has 4 atom stereocenters. The van der Waals surface area contributed by atoms with Crippen molar-refractivity contribution in [3.8, 4) is 0 Å². The standard InChI is InChI=1S/2C15H25O4P.2Na/c2*1-15(2)9-13(15)20(18,19)10-12(14(16)17)8-11-6-4-3-5-7-11;;/h2*8,11,13H,3-7,9-10H2,1-2H3,(H,16,17)(H,18,19);;/q;;2*+1/p-2/b2*12-8-;;. The van der Waals surface area contributed by atoms with Gasteiger partial charge in [0.2, 0.25) is 14.7 Å². The van der Waals surface area contributed by atoms with Crippen LogP contribution in [-0.4, -0.2) is 45.4 Å². The molecular formula is C30H48Na2O8P2. The molecule has 0 spiro atoms. The normalized spacial score (nSPS) is 28.3. The van der Waals surface area contributed by atoms with Crippen molar-refractivity contribution in [3.63, 3.8) is 0 Å². The van der Waals surface area contributed by atoms with Crippen molar-refractivity contribution in [1.82, 2.24) is 0 Å². The van der Waals surface area contributed by atoms with E-state index in [0.29, 0.717) is 12.8 Å². The SMILES string of the molecule is CC1(C)CC1P(=O)(O)C/C(=C/C1CCCCC1)C(=O)[O-].CC1(C)CC1P(=O)(O)C/C(=C/C1CCCCC1)C(=O)[O-].[Na+].[Na+]. The van der Waals surface area contributed by atoms with Gasteiger partial charge in [-0.15, -0.1) is 0 Å². The number of carbonyl (C=O) groups is 2. The van der Waals surface area contributed by atoms with E-state index in [0.717, 1.165) is 51.4 Å².